The maximum absolute atomic E-state index is 10.7. The molecule has 6 nitrogen and oxygen atoms in total. The standard InChI is InChI=1S/C14H16N4O2/c1-17(2)14-6-4-3-5-13(14)16-12-8-7-10(18(19)20)9-11(12)15/h3-9,16H,15H2,1-2H3. The number of nitro groups is 1. The van der Waals surface area contributed by atoms with E-state index < -0.39 is 4.92 Å². The van der Waals surface area contributed by atoms with Gasteiger partial charge in [0.1, 0.15) is 0 Å². The fourth-order valence-corrected chi connectivity index (χ4v) is 1.89. The highest BCUT2D eigenvalue weighted by molar-refractivity contribution is 5.80. The molecule has 0 radical (unpaired) electrons. The monoisotopic (exact) mass is 272 g/mol. The Morgan fingerprint density at radius 2 is 1.85 bits per heavy atom. The highest BCUT2D eigenvalue weighted by atomic mass is 16.6. The highest BCUT2D eigenvalue weighted by Gasteiger charge is 2.10. The number of anilines is 4. The number of nitro benzene ring substituents is 1. The first-order chi connectivity index (χ1) is 9.49. The molecule has 2 aromatic rings. The smallest absolute Gasteiger partial charge is 0.271 e. The summed E-state index contributed by atoms with van der Waals surface area (Å²) < 4.78 is 0. The first-order valence-electron chi connectivity index (χ1n) is 6.06. The lowest BCUT2D eigenvalue weighted by Crippen LogP contribution is -2.11. The summed E-state index contributed by atoms with van der Waals surface area (Å²) in [4.78, 5) is 12.2. The Labute approximate surface area is 117 Å². The number of hydrogen-bond donors (Lipinski definition) is 2. The van der Waals surface area contributed by atoms with Gasteiger partial charge < -0.3 is 16.0 Å². The zero-order valence-corrected chi connectivity index (χ0v) is 11.3. The number of nitrogens with two attached hydrogens (primary N) is 1. The van der Waals surface area contributed by atoms with Crippen molar-refractivity contribution in [2.45, 2.75) is 0 Å². The van der Waals surface area contributed by atoms with Crippen molar-refractivity contribution in [2.24, 2.45) is 0 Å². The summed E-state index contributed by atoms with van der Waals surface area (Å²) in [6.07, 6.45) is 0. The van der Waals surface area contributed by atoms with Gasteiger partial charge in [-0.25, -0.2) is 0 Å². The number of nitrogen functional groups attached to an aromatic ring is 1. The lowest BCUT2D eigenvalue weighted by molar-refractivity contribution is -0.384. The van der Waals surface area contributed by atoms with Crippen LogP contribution in [0, 0.1) is 10.1 Å². The van der Waals surface area contributed by atoms with Crippen molar-refractivity contribution >= 4 is 28.4 Å². The molecule has 0 atom stereocenters. The summed E-state index contributed by atoms with van der Waals surface area (Å²) in [5.74, 6) is 0. The van der Waals surface area contributed by atoms with Crippen molar-refractivity contribution < 1.29 is 4.92 Å². The van der Waals surface area contributed by atoms with Gasteiger partial charge in [0.05, 0.1) is 27.7 Å². The average molecular weight is 272 g/mol. The molecule has 20 heavy (non-hydrogen) atoms. The van der Waals surface area contributed by atoms with Gasteiger partial charge in [0, 0.05) is 26.2 Å². The molecule has 0 aliphatic heterocycles. The molecule has 0 aliphatic rings. The Hall–Kier alpha value is -2.76. The number of nitrogens with one attached hydrogen (secondary N) is 1. The second kappa shape index (κ2) is 5.48. The molecule has 0 saturated heterocycles. The van der Waals surface area contributed by atoms with Gasteiger partial charge >= 0.3 is 0 Å². The minimum atomic E-state index is -0.464. The van der Waals surface area contributed by atoms with Crippen molar-refractivity contribution in [3.05, 3.63) is 52.6 Å². The van der Waals surface area contributed by atoms with Crippen LogP contribution in [-0.2, 0) is 0 Å². The molecule has 0 aromatic heterocycles. The summed E-state index contributed by atoms with van der Waals surface area (Å²) >= 11 is 0. The molecule has 0 fully saturated rings. The largest absolute Gasteiger partial charge is 0.397 e. The van der Waals surface area contributed by atoms with E-state index in [9.17, 15) is 10.1 Å². The maximum Gasteiger partial charge on any atom is 0.271 e. The molecule has 0 spiro atoms. The van der Waals surface area contributed by atoms with Gasteiger partial charge in [-0.05, 0) is 18.2 Å². The number of hydrogen-bond acceptors (Lipinski definition) is 5. The summed E-state index contributed by atoms with van der Waals surface area (Å²) in [5, 5.41) is 13.9. The lowest BCUT2D eigenvalue weighted by Gasteiger charge is -2.19. The van der Waals surface area contributed by atoms with E-state index in [0.29, 0.717) is 11.4 Å². The van der Waals surface area contributed by atoms with E-state index in [0.717, 1.165) is 11.4 Å². The van der Waals surface area contributed by atoms with Crippen LogP contribution < -0.4 is 16.0 Å². The third kappa shape index (κ3) is 2.80. The summed E-state index contributed by atoms with van der Waals surface area (Å²) in [7, 11) is 3.89. The van der Waals surface area contributed by atoms with E-state index in [-0.39, 0.29) is 5.69 Å². The molecule has 3 N–H and O–H groups in total. The Bertz CT molecular complexity index is 641. The van der Waals surface area contributed by atoms with Crippen LogP contribution in [0.4, 0.5) is 28.4 Å². The third-order valence-electron chi connectivity index (χ3n) is 2.90. The second-order valence-electron chi connectivity index (χ2n) is 4.57. The van der Waals surface area contributed by atoms with Gasteiger partial charge in [-0.2, -0.15) is 0 Å². The van der Waals surface area contributed by atoms with Crippen molar-refractivity contribution in [3.63, 3.8) is 0 Å². The van der Waals surface area contributed by atoms with Gasteiger partial charge in [0.25, 0.3) is 5.69 Å². The Morgan fingerprint density at radius 1 is 1.15 bits per heavy atom. The third-order valence-corrected chi connectivity index (χ3v) is 2.90. The van der Waals surface area contributed by atoms with E-state index in [1.165, 1.54) is 12.1 Å². The van der Waals surface area contributed by atoms with Gasteiger partial charge in [0.15, 0.2) is 0 Å². The van der Waals surface area contributed by atoms with E-state index in [4.69, 9.17) is 5.73 Å². The fraction of sp³-hybridized carbons (Fsp3) is 0.143. The van der Waals surface area contributed by atoms with Crippen molar-refractivity contribution in [2.75, 3.05) is 30.0 Å². The number of para-hydroxylation sites is 2. The predicted octanol–water partition coefficient (Wildman–Crippen LogP) is 2.99. The molecule has 0 bridgehead atoms. The van der Waals surface area contributed by atoms with Gasteiger partial charge in [-0.3, -0.25) is 10.1 Å². The molecule has 0 unspecified atom stereocenters. The van der Waals surface area contributed by atoms with E-state index in [1.807, 2.05) is 43.3 Å². The van der Waals surface area contributed by atoms with E-state index >= 15 is 0 Å². The van der Waals surface area contributed by atoms with E-state index in [1.54, 1.807) is 6.07 Å². The first kappa shape index (κ1) is 13.7. The maximum atomic E-state index is 10.7. The zero-order chi connectivity index (χ0) is 14.7. The van der Waals surface area contributed by atoms with Gasteiger partial charge in [-0.1, -0.05) is 12.1 Å². The predicted molar refractivity (Wildman–Crippen MR) is 81.6 cm³/mol. The fourth-order valence-electron chi connectivity index (χ4n) is 1.89. The number of non-ortho nitro benzene ring substituents is 1. The van der Waals surface area contributed by atoms with Gasteiger partial charge in [0.2, 0.25) is 0 Å². The van der Waals surface area contributed by atoms with Crippen LogP contribution in [0.5, 0.6) is 0 Å². The minimum Gasteiger partial charge on any atom is -0.397 e. The summed E-state index contributed by atoms with van der Waals surface area (Å²) in [6, 6.07) is 12.1. The van der Waals surface area contributed by atoms with Crippen molar-refractivity contribution in [3.8, 4) is 0 Å². The molecular weight excluding hydrogens is 256 g/mol. The first-order valence-corrected chi connectivity index (χ1v) is 6.06. The zero-order valence-electron chi connectivity index (χ0n) is 11.3. The molecular formula is C14H16N4O2. The van der Waals surface area contributed by atoms with Crippen LogP contribution >= 0.6 is 0 Å². The molecule has 0 saturated carbocycles. The van der Waals surface area contributed by atoms with Crippen LogP contribution in [0.15, 0.2) is 42.5 Å². The average Bonchev–Trinajstić information content (AvgIpc) is 2.41. The molecule has 2 rings (SSSR count). The number of benzene rings is 2. The number of nitrogens with zero attached hydrogens (tertiary/aromatic N) is 2. The molecule has 2 aromatic carbocycles. The Kier molecular flexibility index (Phi) is 3.74. The molecule has 0 amide bonds. The van der Waals surface area contributed by atoms with Crippen molar-refractivity contribution in [1.29, 1.82) is 0 Å². The van der Waals surface area contributed by atoms with Crippen molar-refractivity contribution in [1.82, 2.24) is 0 Å². The van der Waals surface area contributed by atoms with Crippen LogP contribution in [0.2, 0.25) is 0 Å². The van der Waals surface area contributed by atoms with Crippen LogP contribution in [0.1, 0.15) is 0 Å². The summed E-state index contributed by atoms with van der Waals surface area (Å²) in [5.41, 5.74) is 8.71. The Morgan fingerprint density at radius 3 is 2.45 bits per heavy atom. The Balaban J connectivity index is 2.33. The highest BCUT2D eigenvalue weighted by Crippen LogP contribution is 2.31. The molecule has 6 heteroatoms. The molecule has 0 aliphatic carbocycles. The normalized spacial score (nSPS) is 10.1. The van der Waals surface area contributed by atoms with Crippen LogP contribution in [0.3, 0.4) is 0 Å². The van der Waals surface area contributed by atoms with E-state index in [2.05, 4.69) is 5.32 Å². The summed E-state index contributed by atoms with van der Waals surface area (Å²) in [6.45, 7) is 0. The van der Waals surface area contributed by atoms with Crippen LogP contribution in [-0.4, -0.2) is 19.0 Å². The molecule has 104 valence electrons. The topological polar surface area (TPSA) is 84.4 Å². The minimum absolute atomic E-state index is 0.0195. The molecule has 0 heterocycles. The van der Waals surface area contributed by atoms with Gasteiger partial charge in [-0.15, -0.1) is 0 Å². The lowest BCUT2D eigenvalue weighted by atomic mass is 10.2. The quantitative estimate of drug-likeness (QED) is 0.508. The number of rotatable bonds is 4. The second-order valence-corrected chi connectivity index (χ2v) is 4.57. The van der Waals surface area contributed by atoms with Crippen LogP contribution in [0.25, 0.3) is 0 Å². The SMILES string of the molecule is CN(C)c1ccccc1Nc1ccc([N+](=O)[O-])cc1N.